The molecule has 0 aliphatic carbocycles. The molecule has 0 aromatic rings. The molecule has 56 valence electrons. The maximum Gasteiger partial charge on any atom is 0.111 e. The molecule has 0 radical (unpaired) electrons. The lowest BCUT2D eigenvalue weighted by Gasteiger charge is -2.03. The molecule has 0 amide bonds. The fourth-order valence-electron chi connectivity index (χ4n) is 0.969. The third-order valence-corrected chi connectivity index (χ3v) is 1.86. The van der Waals surface area contributed by atoms with Crippen molar-refractivity contribution in [2.24, 2.45) is 5.92 Å². The molecule has 0 N–H and O–H groups in total. The lowest BCUT2D eigenvalue weighted by Crippen LogP contribution is -2.05. The predicted octanol–water partition coefficient (Wildman–Crippen LogP) is 1.24. The second-order valence-electron chi connectivity index (χ2n) is 3.32. The van der Waals surface area contributed by atoms with Gasteiger partial charge in [0.1, 0.15) is 6.04 Å². The van der Waals surface area contributed by atoms with Gasteiger partial charge < -0.3 is 0 Å². The Labute approximate surface area is 62.4 Å². The molecular formula is C8H14N2. The highest BCUT2D eigenvalue weighted by atomic mass is 15.3. The molecule has 1 saturated heterocycles. The fraction of sp³-hybridized carbons (Fsp3) is 0.875. The van der Waals surface area contributed by atoms with Crippen LogP contribution in [0.2, 0.25) is 0 Å². The zero-order valence-corrected chi connectivity index (χ0v) is 6.67. The summed E-state index contributed by atoms with van der Waals surface area (Å²) in [5, 5.41) is 8.45. The molecule has 0 aromatic heterocycles. The van der Waals surface area contributed by atoms with Crippen molar-refractivity contribution in [1.82, 2.24) is 4.90 Å². The monoisotopic (exact) mass is 138 g/mol. The standard InChI is InChI=1S/C8H14N2/c1-7(2)3-4-10-6-8(10)5-9/h7-8H,3-4,6H2,1-2H3. The van der Waals surface area contributed by atoms with Gasteiger partial charge in [0.15, 0.2) is 0 Å². The topological polar surface area (TPSA) is 26.8 Å². The third-order valence-electron chi connectivity index (χ3n) is 1.86. The SMILES string of the molecule is CC(C)CCN1CC1C#N. The average Bonchev–Trinajstić information content (AvgIpc) is 2.61. The van der Waals surface area contributed by atoms with Crippen molar-refractivity contribution in [2.45, 2.75) is 26.3 Å². The van der Waals surface area contributed by atoms with Crippen LogP contribution in [-0.4, -0.2) is 24.0 Å². The minimum absolute atomic E-state index is 0.249. The van der Waals surface area contributed by atoms with Crippen LogP contribution >= 0.6 is 0 Å². The summed E-state index contributed by atoms with van der Waals surface area (Å²) in [6.45, 7) is 6.54. The van der Waals surface area contributed by atoms with E-state index in [9.17, 15) is 0 Å². The Hall–Kier alpha value is -0.550. The van der Waals surface area contributed by atoms with E-state index < -0.39 is 0 Å². The zero-order valence-electron chi connectivity index (χ0n) is 6.67. The lowest BCUT2D eigenvalue weighted by atomic mass is 10.1. The quantitative estimate of drug-likeness (QED) is 0.548. The van der Waals surface area contributed by atoms with Crippen molar-refractivity contribution in [3.8, 4) is 6.07 Å². The molecular weight excluding hydrogens is 124 g/mol. The van der Waals surface area contributed by atoms with E-state index in [2.05, 4.69) is 24.8 Å². The largest absolute Gasteiger partial charge is 0.284 e. The van der Waals surface area contributed by atoms with Crippen LogP contribution in [0.5, 0.6) is 0 Å². The van der Waals surface area contributed by atoms with Gasteiger partial charge in [0.2, 0.25) is 0 Å². The Kier molecular flexibility index (Phi) is 2.29. The van der Waals surface area contributed by atoms with Crippen LogP contribution in [0.25, 0.3) is 0 Å². The molecule has 10 heavy (non-hydrogen) atoms. The van der Waals surface area contributed by atoms with E-state index in [0.717, 1.165) is 19.0 Å². The van der Waals surface area contributed by atoms with Crippen LogP contribution in [-0.2, 0) is 0 Å². The summed E-state index contributed by atoms with van der Waals surface area (Å²) >= 11 is 0. The van der Waals surface area contributed by atoms with Crippen LogP contribution in [0.1, 0.15) is 20.3 Å². The number of hydrogen-bond acceptors (Lipinski definition) is 2. The smallest absolute Gasteiger partial charge is 0.111 e. The van der Waals surface area contributed by atoms with Crippen molar-refractivity contribution in [3.63, 3.8) is 0 Å². The summed E-state index contributed by atoms with van der Waals surface area (Å²) in [7, 11) is 0. The van der Waals surface area contributed by atoms with E-state index in [-0.39, 0.29) is 6.04 Å². The first-order chi connectivity index (χ1) is 4.74. The fourth-order valence-corrected chi connectivity index (χ4v) is 0.969. The highest BCUT2D eigenvalue weighted by Crippen LogP contribution is 2.17. The summed E-state index contributed by atoms with van der Waals surface area (Å²) in [5.41, 5.74) is 0. The highest BCUT2D eigenvalue weighted by Gasteiger charge is 2.32. The number of nitriles is 1. The van der Waals surface area contributed by atoms with Crippen LogP contribution in [0.4, 0.5) is 0 Å². The molecule has 0 bridgehead atoms. The first-order valence-electron chi connectivity index (χ1n) is 3.87. The average molecular weight is 138 g/mol. The molecule has 1 heterocycles. The molecule has 0 saturated carbocycles. The van der Waals surface area contributed by atoms with Gasteiger partial charge >= 0.3 is 0 Å². The van der Waals surface area contributed by atoms with E-state index in [0.29, 0.717) is 0 Å². The Morgan fingerprint density at radius 3 is 2.80 bits per heavy atom. The molecule has 1 aliphatic heterocycles. The van der Waals surface area contributed by atoms with E-state index >= 15 is 0 Å². The maximum atomic E-state index is 8.45. The molecule has 2 nitrogen and oxygen atoms in total. The summed E-state index contributed by atoms with van der Waals surface area (Å²) in [6, 6.07) is 2.49. The van der Waals surface area contributed by atoms with Gasteiger partial charge in [-0.1, -0.05) is 13.8 Å². The first-order valence-corrected chi connectivity index (χ1v) is 3.87. The van der Waals surface area contributed by atoms with Gasteiger partial charge in [-0.2, -0.15) is 5.26 Å². The van der Waals surface area contributed by atoms with Gasteiger partial charge in [0, 0.05) is 6.54 Å². The zero-order chi connectivity index (χ0) is 7.56. The number of rotatable bonds is 3. The molecule has 2 unspecified atom stereocenters. The van der Waals surface area contributed by atoms with Crippen LogP contribution in [0, 0.1) is 17.2 Å². The van der Waals surface area contributed by atoms with Gasteiger partial charge in [0.05, 0.1) is 6.07 Å². The predicted molar refractivity (Wildman–Crippen MR) is 40.4 cm³/mol. The van der Waals surface area contributed by atoms with Crippen LogP contribution < -0.4 is 0 Å². The second-order valence-corrected chi connectivity index (χ2v) is 3.32. The Balaban J connectivity index is 2.03. The number of hydrogen-bond donors (Lipinski definition) is 0. The summed E-state index contributed by atoms with van der Waals surface area (Å²) in [4.78, 5) is 2.21. The van der Waals surface area contributed by atoms with Gasteiger partial charge in [-0.25, -0.2) is 0 Å². The summed E-state index contributed by atoms with van der Waals surface area (Å²) in [6.07, 6.45) is 1.22. The van der Waals surface area contributed by atoms with Crippen molar-refractivity contribution in [2.75, 3.05) is 13.1 Å². The molecule has 2 atom stereocenters. The Morgan fingerprint density at radius 2 is 2.40 bits per heavy atom. The van der Waals surface area contributed by atoms with Gasteiger partial charge in [0.25, 0.3) is 0 Å². The van der Waals surface area contributed by atoms with Crippen molar-refractivity contribution >= 4 is 0 Å². The highest BCUT2D eigenvalue weighted by molar-refractivity contribution is 5.05. The molecule has 1 rings (SSSR count). The normalized spacial score (nSPS) is 30.2. The van der Waals surface area contributed by atoms with Crippen molar-refractivity contribution in [3.05, 3.63) is 0 Å². The van der Waals surface area contributed by atoms with Crippen molar-refractivity contribution in [1.29, 1.82) is 5.26 Å². The molecule has 2 heteroatoms. The van der Waals surface area contributed by atoms with E-state index in [1.807, 2.05) is 0 Å². The first kappa shape index (κ1) is 7.56. The van der Waals surface area contributed by atoms with Gasteiger partial charge in [-0.15, -0.1) is 0 Å². The molecule has 1 aliphatic rings. The number of nitrogens with zero attached hydrogens (tertiary/aromatic N) is 2. The van der Waals surface area contributed by atoms with Crippen LogP contribution in [0.15, 0.2) is 0 Å². The van der Waals surface area contributed by atoms with E-state index in [4.69, 9.17) is 5.26 Å². The summed E-state index contributed by atoms with van der Waals surface area (Å²) < 4.78 is 0. The van der Waals surface area contributed by atoms with Crippen molar-refractivity contribution < 1.29 is 0 Å². The Morgan fingerprint density at radius 1 is 1.70 bits per heavy atom. The molecule has 0 aromatic carbocycles. The maximum absolute atomic E-state index is 8.45. The van der Waals surface area contributed by atoms with Gasteiger partial charge in [-0.05, 0) is 18.9 Å². The lowest BCUT2D eigenvalue weighted by molar-refractivity contribution is 0.455. The minimum Gasteiger partial charge on any atom is -0.284 e. The van der Waals surface area contributed by atoms with Gasteiger partial charge in [-0.3, -0.25) is 4.90 Å². The van der Waals surface area contributed by atoms with E-state index in [1.54, 1.807) is 0 Å². The third kappa shape index (κ3) is 2.00. The molecule has 1 fully saturated rings. The van der Waals surface area contributed by atoms with Crippen LogP contribution in [0.3, 0.4) is 0 Å². The molecule has 0 spiro atoms. The second kappa shape index (κ2) is 3.03. The minimum atomic E-state index is 0.249. The Bertz CT molecular complexity index is 146. The summed E-state index contributed by atoms with van der Waals surface area (Å²) in [5.74, 6) is 0.764. The van der Waals surface area contributed by atoms with E-state index in [1.165, 1.54) is 6.42 Å².